The minimum atomic E-state index is -1.22. The lowest BCUT2D eigenvalue weighted by Crippen LogP contribution is -2.69. The Morgan fingerprint density at radius 1 is 1.05 bits per heavy atom. The van der Waals surface area contributed by atoms with Crippen LogP contribution in [0, 0.1) is 23.7 Å². The van der Waals surface area contributed by atoms with Crippen molar-refractivity contribution in [3.05, 3.63) is 78.4 Å². The molecule has 0 radical (unpaired) electrons. The van der Waals surface area contributed by atoms with Gasteiger partial charge in [0.05, 0.1) is 24.8 Å². The highest BCUT2D eigenvalue weighted by Crippen LogP contribution is 2.62. The maximum absolute atomic E-state index is 14.2. The van der Waals surface area contributed by atoms with Crippen molar-refractivity contribution in [1.82, 2.24) is 4.90 Å². The lowest BCUT2D eigenvalue weighted by molar-refractivity contribution is -0.255. The van der Waals surface area contributed by atoms with Gasteiger partial charge in [0.2, 0.25) is 11.7 Å². The highest BCUT2D eigenvalue weighted by molar-refractivity contribution is 7.99. The van der Waals surface area contributed by atoms with E-state index in [2.05, 4.69) is 43.0 Å². The van der Waals surface area contributed by atoms with Crippen molar-refractivity contribution in [2.45, 2.75) is 113 Å². The van der Waals surface area contributed by atoms with Gasteiger partial charge in [-0.25, -0.2) is 0 Å². The molecule has 2 fully saturated rings. The quantitative estimate of drug-likeness (QED) is 0.0527. The summed E-state index contributed by atoms with van der Waals surface area (Å²) >= 11 is 1.77. The third-order valence-electron chi connectivity index (χ3n) is 12.4. The summed E-state index contributed by atoms with van der Waals surface area (Å²) in [6.07, 6.45) is 15.9. The number of carbonyl (C=O) groups is 1. The fraction of sp³-hybridized carbons (Fsp3) is 0.609. The van der Waals surface area contributed by atoms with Gasteiger partial charge < -0.3 is 34.2 Å². The lowest BCUT2D eigenvalue weighted by atomic mass is 9.55. The number of hydrogen-bond donors (Lipinski definition) is 2. The average Bonchev–Trinajstić information content (AvgIpc) is 3.75. The summed E-state index contributed by atoms with van der Waals surface area (Å²) < 4.78 is 20.7. The summed E-state index contributed by atoms with van der Waals surface area (Å²) in [6, 6.07) is 16.1. The maximum atomic E-state index is 14.2. The summed E-state index contributed by atoms with van der Waals surface area (Å²) in [5.74, 6) is 1.78. The van der Waals surface area contributed by atoms with Gasteiger partial charge in [0.15, 0.2) is 0 Å². The van der Waals surface area contributed by atoms with E-state index >= 15 is 0 Å². The van der Waals surface area contributed by atoms with E-state index in [1.54, 1.807) is 17.8 Å². The minimum Gasteiger partial charge on any atom is -0.493 e. The van der Waals surface area contributed by atoms with Crippen LogP contribution in [0.5, 0.6) is 11.5 Å². The molecular weight excluding hydrogens is 725 g/mol. The molecule has 9 nitrogen and oxygen atoms in total. The zero-order valence-electron chi connectivity index (χ0n) is 33.6. The van der Waals surface area contributed by atoms with Crippen LogP contribution in [0.1, 0.15) is 102 Å². The molecule has 3 aliphatic carbocycles. The average molecular weight is 789 g/mol. The lowest BCUT2D eigenvalue weighted by Gasteiger charge is -2.59. The van der Waals surface area contributed by atoms with E-state index in [0.717, 1.165) is 79.0 Å². The van der Waals surface area contributed by atoms with Crippen LogP contribution in [-0.4, -0.2) is 84.4 Å². The second-order valence-corrected chi connectivity index (χ2v) is 17.1. The van der Waals surface area contributed by atoms with Crippen LogP contribution in [0.3, 0.4) is 0 Å². The van der Waals surface area contributed by atoms with Gasteiger partial charge in [0.25, 0.3) is 0 Å². The van der Waals surface area contributed by atoms with Crippen LogP contribution in [-0.2, 0) is 14.4 Å². The second-order valence-electron chi connectivity index (χ2n) is 15.9. The van der Waals surface area contributed by atoms with Crippen LogP contribution >= 0.6 is 11.8 Å². The van der Waals surface area contributed by atoms with Gasteiger partial charge in [-0.3, -0.25) is 4.79 Å². The Hall–Kier alpha value is -3.31. The van der Waals surface area contributed by atoms with Crippen LogP contribution in [0.25, 0.3) is 0 Å². The van der Waals surface area contributed by atoms with E-state index in [1.807, 2.05) is 37.1 Å². The summed E-state index contributed by atoms with van der Waals surface area (Å²) in [5.41, 5.74) is 2.96. The van der Waals surface area contributed by atoms with Crippen molar-refractivity contribution < 1.29 is 34.1 Å². The largest absolute Gasteiger partial charge is 0.493 e. The Balaban J connectivity index is 1.43. The summed E-state index contributed by atoms with van der Waals surface area (Å²) in [5, 5.41) is 24.5. The number of carbonyl (C=O) groups excluding carboxylic acids is 1. The Kier molecular flexibility index (Phi) is 15.8. The molecule has 1 heterocycles. The summed E-state index contributed by atoms with van der Waals surface area (Å²) in [4.78, 5) is 23.2. The molecule has 0 bridgehead atoms. The number of likely N-dealkylation sites (N-methyl/N-ethyl adjacent to an activating group) is 1. The SMILES string of the molecule is C=CCO[C@@]12Oc3ccc(OCCSc4ccccc4)cc3[C@H]3[C@H](CCCCO)[C@@H](CCCCO)C=C(C(=NOCC)C[C@@H]1N(C)C(=O)CCC1CCCC1)[C@H]32. The molecule has 0 saturated heterocycles. The smallest absolute Gasteiger partial charge is 0.239 e. The number of nitrogens with zero attached hydrogens (tertiary/aromatic N) is 2. The number of unbranched alkanes of at least 4 members (excludes halogenated alkanes) is 2. The molecule has 56 heavy (non-hydrogen) atoms. The number of aliphatic hydroxyl groups excluding tert-OH is 2. The van der Waals surface area contributed by atoms with E-state index < -0.39 is 11.8 Å². The molecule has 2 aromatic rings. The molecule has 0 unspecified atom stereocenters. The molecule has 6 rings (SSSR count). The first kappa shape index (κ1) is 42.3. The third-order valence-corrected chi connectivity index (χ3v) is 13.4. The van der Waals surface area contributed by atoms with Crippen LogP contribution in [0.2, 0.25) is 0 Å². The summed E-state index contributed by atoms with van der Waals surface area (Å²) in [7, 11) is 1.91. The molecule has 0 spiro atoms. The number of benzene rings is 2. The molecule has 2 saturated carbocycles. The topological polar surface area (TPSA) is 110 Å². The van der Waals surface area contributed by atoms with Gasteiger partial charge in [-0.15, -0.1) is 18.3 Å². The van der Waals surface area contributed by atoms with Gasteiger partial charge in [0.1, 0.15) is 24.1 Å². The van der Waals surface area contributed by atoms with Crippen LogP contribution in [0.15, 0.2) is 82.9 Å². The fourth-order valence-electron chi connectivity index (χ4n) is 9.77. The Labute approximate surface area is 338 Å². The molecule has 1 amide bonds. The normalized spacial score (nSPS) is 26.2. The van der Waals surface area contributed by atoms with Crippen molar-refractivity contribution in [3.63, 3.8) is 0 Å². The van der Waals surface area contributed by atoms with Crippen molar-refractivity contribution in [2.75, 3.05) is 45.8 Å². The molecule has 10 heteroatoms. The fourth-order valence-corrected chi connectivity index (χ4v) is 10.5. The van der Waals surface area contributed by atoms with E-state index in [4.69, 9.17) is 24.2 Å². The minimum absolute atomic E-state index is 0.0692. The zero-order chi connectivity index (χ0) is 39.3. The molecule has 4 aliphatic rings. The van der Waals surface area contributed by atoms with Gasteiger partial charge >= 0.3 is 0 Å². The predicted octanol–water partition coefficient (Wildman–Crippen LogP) is 8.94. The molecule has 2 N–H and O–H groups in total. The Morgan fingerprint density at radius 2 is 1.82 bits per heavy atom. The first-order valence-corrected chi connectivity index (χ1v) is 22.2. The number of fused-ring (bicyclic) bond motifs is 2. The number of amides is 1. The second kappa shape index (κ2) is 20.9. The maximum Gasteiger partial charge on any atom is 0.239 e. The third kappa shape index (κ3) is 9.86. The van der Waals surface area contributed by atoms with Gasteiger partial charge in [-0.2, -0.15) is 0 Å². The molecule has 306 valence electrons. The monoisotopic (exact) mass is 788 g/mol. The molecule has 0 aromatic heterocycles. The van der Waals surface area contributed by atoms with Gasteiger partial charge in [-0.1, -0.05) is 74.0 Å². The first-order chi connectivity index (χ1) is 27.4. The number of oxime groups is 1. The molecular formula is C46H64N2O7S. The Morgan fingerprint density at radius 3 is 2.55 bits per heavy atom. The number of hydrogen-bond acceptors (Lipinski definition) is 9. The van der Waals surface area contributed by atoms with Gasteiger partial charge in [-0.05, 0) is 92.7 Å². The highest BCUT2D eigenvalue weighted by Gasteiger charge is 2.65. The molecule has 1 aliphatic heterocycles. The summed E-state index contributed by atoms with van der Waals surface area (Å²) in [6.45, 7) is 7.50. The van der Waals surface area contributed by atoms with E-state index in [-0.39, 0.29) is 49.4 Å². The van der Waals surface area contributed by atoms with Crippen LogP contribution < -0.4 is 9.47 Å². The number of thioether (sulfide) groups is 1. The number of aliphatic hydroxyl groups is 2. The number of rotatable bonds is 22. The molecule has 6 atom stereocenters. The van der Waals surface area contributed by atoms with Crippen molar-refractivity contribution in [2.24, 2.45) is 28.8 Å². The van der Waals surface area contributed by atoms with Crippen molar-refractivity contribution in [3.8, 4) is 11.5 Å². The number of ether oxygens (including phenoxy) is 3. The van der Waals surface area contributed by atoms with Crippen molar-refractivity contribution >= 4 is 23.4 Å². The van der Waals surface area contributed by atoms with E-state index in [1.165, 1.54) is 30.6 Å². The highest BCUT2D eigenvalue weighted by atomic mass is 32.2. The number of allylic oxidation sites excluding steroid dienone is 1. The Bertz CT molecular complexity index is 1630. The molecule has 2 aromatic carbocycles. The first-order valence-electron chi connectivity index (χ1n) is 21.2. The predicted molar refractivity (Wildman–Crippen MR) is 223 cm³/mol. The van der Waals surface area contributed by atoms with Gasteiger partial charge in [0, 0.05) is 55.2 Å². The van der Waals surface area contributed by atoms with Crippen molar-refractivity contribution in [1.29, 1.82) is 0 Å². The van der Waals surface area contributed by atoms with E-state index in [0.29, 0.717) is 32.0 Å². The van der Waals surface area contributed by atoms with Crippen LogP contribution in [0.4, 0.5) is 0 Å². The zero-order valence-corrected chi connectivity index (χ0v) is 34.4. The van der Waals surface area contributed by atoms with E-state index in [9.17, 15) is 15.0 Å². The standard InChI is InChI=1S/C46H64N2O7S/c1-4-27-53-46-42(48(3)43(51)24-21-33-15-9-10-16-33)32-40(47-54-5-2)38-30-34(17-11-13-25-49)37(20-12-14-26-50)44(45(38)46)39-31-35(22-23-41(39)55-46)52-28-29-56-36-18-7-6-8-19-36/h4,6-8,18-19,22-23,30-31,33-34,37,42,44-45,49-50H,1,5,9-17,20-21,24-29,32H2,2-3H3/t34-,37+,42-,44+,45+,46+/m0/s1.